The molecule has 0 aliphatic heterocycles. The Morgan fingerprint density at radius 2 is 1.75 bits per heavy atom. The second-order valence-corrected chi connectivity index (χ2v) is 10.2. The Bertz CT molecular complexity index is 1410. The van der Waals surface area contributed by atoms with Gasteiger partial charge in [0.05, 0.1) is 11.6 Å². The third-order valence-corrected chi connectivity index (χ3v) is 7.27. The van der Waals surface area contributed by atoms with Gasteiger partial charge in [0.2, 0.25) is 0 Å². The SMILES string of the molecule is CCC(c1nnnn1C(C)(C)CC)N(Cc1ccc(F)cc1)Cc1cc2cc(C)c(C)cc2[nH]c1=O. The molecular formula is C28H35FN6O. The van der Waals surface area contributed by atoms with Crippen molar-refractivity contribution in [2.75, 3.05) is 0 Å². The molecule has 4 aromatic rings. The first-order valence-electron chi connectivity index (χ1n) is 12.5. The molecule has 1 atom stereocenters. The van der Waals surface area contributed by atoms with Crippen LogP contribution in [0.25, 0.3) is 10.9 Å². The highest BCUT2D eigenvalue weighted by molar-refractivity contribution is 5.80. The van der Waals surface area contributed by atoms with E-state index in [2.05, 4.69) is 66.1 Å². The summed E-state index contributed by atoms with van der Waals surface area (Å²) in [7, 11) is 0. The predicted octanol–water partition coefficient (Wildman–Crippen LogP) is 5.57. The minimum absolute atomic E-state index is 0.113. The number of halogens is 1. The van der Waals surface area contributed by atoms with Crippen LogP contribution in [-0.2, 0) is 18.6 Å². The highest BCUT2D eigenvalue weighted by atomic mass is 19.1. The lowest BCUT2D eigenvalue weighted by atomic mass is 10.0. The monoisotopic (exact) mass is 490 g/mol. The molecule has 190 valence electrons. The number of aryl methyl sites for hydroxylation is 2. The van der Waals surface area contributed by atoms with Gasteiger partial charge in [0.25, 0.3) is 5.56 Å². The van der Waals surface area contributed by atoms with E-state index in [1.54, 1.807) is 12.1 Å². The van der Waals surface area contributed by atoms with Crippen LogP contribution in [0.4, 0.5) is 4.39 Å². The molecule has 0 saturated carbocycles. The van der Waals surface area contributed by atoms with Crippen LogP contribution in [0.3, 0.4) is 0 Å². The number of nitrogens with zero attached hydrogens (tertiary/aromatic N) is 5. The van der Waals surface area contributed by atoms with E-state index >= 15 is 0 Å². The second kappa shape index (κ2) is 10.3. The number of nitrogens with one attached hydrogen (secondary N) is 1. The van der Waals surface area contributed by atoms with Gasteiger partial charge in [-0.2, -0.15) is 0 Å². The molecule has 0 radical (unpaired) electrons. The van der Waals surface area contributed by atoms with Crippen LogP contribution in [0, 0.1) is 19.7 Å². The van der Waals surface area contributed by atoms with Crippen LogP contribution in [0.15, 0.2) is 47.3 Å². The van der Waals surface area contributed by atoms with Gasteiger partial charge in [-0.3, -0.25) is 9.69 Å². The number of hydrogen-bond donors (Lipinski definition) is 1. The van der Waals surface area contributed by atoms with Crippen molar-refractivity contribution in [3.05, 3.63) is 86.7 Å². The van der Waals surface area contributed by atoms with E-state index in [-0.39, 0.29) is 23.0 Å². The average Bonchev–Trinajstić information content (AvgIpc) is 3.33. The lowest BCUT2D eigenvalue weighted by Crippen LogP contribution is -2.36. The van der Waals surface area contributed by atoms with Gasteiger partial charge in [-0.1, -0.05) is 26.0 Å². The molecule has 1 N–H and O–H groups in total. The molecule has 0 aliphatic rings. The van der Waals surface area contributed by atoms with Crippen molar-refractivity contribution in [2.24, 2.45) is 0 Å². The predicted molar refractivity (Wildman–Crippen MR) is 140 cm³/mol. The molecule has 8 heteroatoms. The van der Waals surface area contributed by atoms with E-state index in [0.717, 1.165) is 40.7 Å². The number of pyridine rings is 1. The molecule has 0 spiro atoms. The number of H-pyrrole nitrogens is 1. The van der Waals surface area contributed by atoms with Crippen LogP contribution >= 0.6 is 0 Å². The molecule has 2 heterocycles. The molecule has 7 nitrogen and oxygen atoms in total. The van der Waals surface area contributed by atoms with Crippen molar-refractivity contribution in [2.45, 2.75) is 79.1 Å². The molecule has 2 aromatic carbocycles. The number of hydrogen-bond acceptors (Lipinski definition) is 5. The van der Waals surface area contributed by atoms with Crippen molar-refractivity contribution in [3.8, 4) is 0 Å². The highest BCUT2D eigenvalue weighted by Gasteiger charge is 2.31. The van der Waals surface area contributed by atoms with Crippen LogP contribution in [0.2, 0.25) is 0 Å². The van der Waals surface area contributed by atoms with Crippen molar-refractivity contribution < 1.29 is 4.39 Å². The Hall–Kier alpha value is -3.39. The zero-order chi connectivity index (χ0) is 26.0. The van der Waals surface area contributed by atoms with E-state index in [9.17, 15) is 9.18 Å². The van der Waals surface area contributed by atoms with Crippen LogP contribution < -0.4 is 5.56 Å². The maximum atomic E-state index is 13.6. The normalized spacial score (nSPS) is 13.0. The molecule has 0 fully saturated rings. The van der Waals surface area contributed by atoms with E-state index < -0.39 is 0 Å². The number of tetrazole rings is 1. The Morgan fingerprint density at radius 1 is 1.06 bits per heavy atom. The summed E-state index contributed by atoms with van der Waals surface area (Å²) in [5.74, 6) is 0.484. The lowest BCUT2D eigenvalue weighted by molar-refractivity contribution is 0.150. The van der Waals surface area contributed by atoms with Crippen molar-refractivity contribution in [1.82, 2.24) is 30.1 Å². The van der Waals surface area contributed by atoms with Gasteiger partial charge in [0.1, 0.15) is 5.82 Å². The maximum absolute atomic E-state index is 13.6. The van der Waals surface area contributed by atoms with Gasteiger partial charge in [0, 0.05) is 24.2 Å². The Labute approximate surface area is 211 Å². The molecule has 1 unspecified atom stereocenters. The highest BCUT2D eigenvalue weighted by Crippen LogP contribution is 2.30. The second-order valence-electron chi connectivity index (χ2n) is 10.2. The van der Waals surface area contributed by atoms with E-state index in [1.807, 2.05) is 23.7 Å². The third kappa shape index (κ3) is 5.23. The quantitative estimate of drug-likeness (QED) is 0.332. The molecule has 0 aliphatic carbocycles. The van der Waals surface area contributed by atoms with Crippen LogP contribution in [-0.4, -0.2) is 30.1 Å². The zero-order valence-corrected chi connectivity index (χ0v) is 22.0. The molecule has 36 heavy (non-hydrogen) atoms. The first-order chi connectivity index (χ1) is 17.1. The summed E-state index contributed by atoms with van der Waals surface area (Å²) < 4.78 is 15.5. The molecular weight excluding hydrogens is 455 g/mol. The first kappa shape index (κ1) is 25.7. The smallest absolute Gasteiger partial charge is 0.252 e. The number of benzene rings is 2. The number of fused-ring (bicyclic) bond motifs is 1. The van der Waals surface area contributed by atoms with Gasteiger partial charge < -0.3 is 4.98 Å². The maximum Gasteiger partial charge on any atom is 0.252 e. The largest absolute Gasteiger partial charge is 0.322 e. The van der Waals surface area contributed by atoms with Crippen LogP contribution in [0.1, 0.15) is 74.7 Å². The first-order valence-corrected chi connectivity index (χ1v) is 12.5. The summed E-state index contributed by atoms with van der Waals surface area (Å²) in [6.45, 7) is 13.5. The minimum Gasteiger partial charge on any atom is -0.322 e. The van der Waals surface area contributed by atoms with Gasteiger partial charge in [-0.15, -0.1) is 5.10 Å². The van der Waals surface area contributed by atoms with Gasteiger partial charge in [-0.25, -0.2) is 9.07 Å². The fraction of sp³-hybridized carbons (Fsp3) is 0.429. The summed E-state index contributed by atoms with van der Waals surface area (Å²) in [4.78, 5) is 18.4. The average molecular weight is 491 g/mol. The van der Waals surface area contributed by atoms with Gasteiger partial charge >= 0.3 is 0 Å². The van der Waals surface area contributed by atoms with Gasteiger partial charge in [0.15, 0.2) is 5.82 Å². The zero-order valence-electron chi connectivity index (χ0n) is 22.0. The van der Waals surface area contributed by atoms with Gasteiger partial charge in [-0.05, 0) is 103 Å². The summed E-state index contributed by atoms with van der Waals surface area (Å²) in [6, 6.07) is 12.4. The summed E-state index contributed by atoms with van der Waals surface area (Å²) in [5.41, 5.74) is 4.39. The van der Waals surface area contributed by atoms with E-state index in [4.69, 9.17) is 0 Å². The van der Waals surface area contributed by atoms with E-state index in [0.29, 0.717) is 18.7 Å². The van der Waals surface area contributed by atoms with Crippen LogP contribution in [0.5, 0.6) is 0 Å². The molecule has 4 rings (SSSR count). The summed E-state index contributed by atoms with van der Waals surface area (Å²) >= 11 is 0. The summed E-state index contributed by atoms with van der Waals surface area (Å²) in [6.07, 6.45) is 1.60. The third-order valence-electron chi connectivity index (χ3n) is 7.27. The molecule has 0 bridgehead atoms. The summed E-state index contributed by atoms with van der Waals surface area (Å²) in [5, 5.41) is 13.8. The van der Waals surface area contributed by atoms with Crippen molar-refractivity contribution in [3.63, 3.8) is 0 Å². The fourth-order valence-corrected chi connectivity index (χ4v) is 4.55. The Kier molecular flexibility index (Phi) is 7.36. The topological polar surface area (TPSA) is 79.7 Å². The number of rotatable bonds is 9. The standard InChI is InChI=1S/C28H35FN6O/c1-7-25(26-31-32-33-35(26)28(5,6)8-2)34(16-20-9-11-23(29)12-10-20)17-22-15-21-13-18(3)19(4)14-24(21)30-27(22)36/h9-15,25H,7-8,16-17H2,1-6H3,(H,30,36). The molecule has 0 saturated heterocycles. The van der Waals surface area contributed by atoms with E-state index in [1.165, 1.54) is 17.7 Å². The van der Waals surface area contributed by atoms with Crippen molar-refractivity contribution >= 4 is 10.9 Å². The number of aromatic amines is 1. The fourth-order valence-electron chi connectivity index (χ4n) is 4.55. The molecule has 2 aromatic heterocycles. The molecule has 0 amide bonds. The number of aromatic nitrogens is 5. The minimum atomic E-state index is -0.275. The lowest BCUT2D eigenvalue weighted by Gasteiger charge is -2.33. The van der Waals surface area contributed by atoms with Crippen molar-refractivity contribution in [1.29, 1.82) is 0 Å². The Balaban J connectivity index is 1.78. The Morgan fingerprint density at radius 3 is 2.42 bits per heavy atom.